The van der Waals surface area contributed by atoms with Crippen LogP contribution in [-0.2, 0) is 12.8 Å². The Morgan fingerprint density at radius 2 is 1.24 bits per heavy atom. The second kappa shape index (κ2) is 15.9. The zero-order valence-electron chi connectivity index (χ0n) is 30.4. The molecule has 0 aliphatic heterocycles. The molecule has 0 spiro atoms. The number of fused-ring (bicyclic) bond motifs is 2. The molecular weight excluding hydrogens is 712 g/mol. The summed E-state index contributed by atoms with van der Waals surface area (Å²) >= 11 is 5.95. The topological polar surface area (TPSA) is 81.8 Å². The van der Waals surface area contributed by atoms with Gasteiger partial charge >= 0.3 is 0 Å². The maximum atomic E-state index is 15.8. The Morgan fingerprint density at radius 1 is 0.667 bits per heavy atom. The predicted octanol–water partition coefficient (Wildman–Crippen LogP) is 13.3. The van der Waals surface area contributed by atoms with Crippen LogP contribution in [0.4, 0.5) is 4.39 Å². The fourth-order valence-electron chi connectivity index (χ4n) is 7.43. The van der Waals surface area contributed by atoms with Crippen LogP contribution in [0.25, 0.3) is 20.9 Å². The van der Waals surface area contributed by atoms with E-state index in [4.69, 9.17) is 10.8 Å². The Hall–Kier alpha value is -3.11. The molecule has 0 fully saturated rings. The molecule has 4 heterocycles. The number of halogens is 1. The summed E-state index contributed by atoms with van der Waals surface area (Å²) < 4.78 is 15.8. The van der Waals surface area contributed by atoms with Gasteiger partial charge in [-0.25, -0.2) is 4.39 Å². The van der Waals surface area contributed by atoms with Crippen LogP contribution in [0.15, 0.2) is 36.2 Å². The van der Waals surface area contributed by atoms with Gasteiger partial charge in [0.05, 0.1) is 27.4 Å². The monoisotopic (exact) mass is 758 g/mol. The van der Waals surface area contributed by atoms with Gasteiger partial charge in [0.1, 0.15) is 5.83 Å². The van der Waals surface area contributed by atoms with Crippen LogP contribution in [0.1, 0.15) is 140 Å². The summed E-state index contributed by atoms with van der Waals surface area (Å²) in [5, 5.41) is 17.5. The maximum absolute atomic E-state index is 15.8. The molecule has 0 amide bonds. The van der Waals surface area contributed by atoms with E-state index in [-0.39, 0.29) is 28.6 Å². The number of aryl methyl sites for hydroxylation is 2. The van der Waals surface area contributed by atoms with Crippen LogP contribution in [-0.4, -0.2) is 23.0 Å². The second-order valence-corrected chi connectivity index (χ2v) is 18.7. The molecule has 4 aromatic rings. The lowest BCUT2D eigenvalue weighted by molar-refractivity contribution is 0.0979. The van der Waals surface area contributed by atoms with Gasteiger partial charge in [0.15, 0.2) is 11.6 Å². The number of nitrogens with one attached hydrogen (secondary N) is 2. The van der Waals surface area contributed by atoms with Crippen LogP contribution in [0.2, 0.25) is 0 Å². The molecule has 2 atom stereocenters. The fraction of sp³-hybridized carbons (Fsp3) is 0.429. The molecule has 268 valence electrons. The molecule has 9 heteroatoms. The molecule has 51 heavy (non-hydrogen) atoms. The predicted molar refractivity (Wildman–Crippen MR) is 218 cm³/mol. The molecule has 0 bridgehead atoms. The average Bonchev–Trinajstić information content (AvgIpc) is 3.91. The first-order valence-electron chi connectivity index (χ1n) is 18.4. The summed E-state index contributed by atoms with van der Waals surface area (Å²) in [7, 11) is 0. The summed E-state index contributed by atoms with van der Waals surface area (Å²) in [6, 6.07) is 7.45. The number of allylic oxidation sites excluding steroid dienone is 4. The van der Waals surface area contributed by atoms with Crippen LogP contribution < -0.4 is 0 Å². The van der Waals surface area contributed by atoms with E-state index < -0.39 is 5.83 Å². The Balaban J connectivity index is 1.41. The van der Waals surface area contributed by atoms with E-state index >= 15 is 4.39 Å². The summed E-state index contributed by atoms with van der Waals surface area (Å²) in [6.07, 6.45) is 11.9. The van der Waals surface area contributed by atoms with Gasteiger partial charge in [-0.3, -0.25) is 20.4 Å². The van der Waals surface area contributed by atoms with Crippen molar-refractivity contribution < 1.29 is 14.0 Å². The second-order valence-electron chi connectivity index (χ2n) is 13.9. The summed E-state index contributed by atoms with van der Waals surface area (Å²) in [4.78, 5) is 36.3. The first-order valence-corrected chi connectivity index (χ1v) is 21.6. The van der Waals surface area contributed by atoms with Crippen LogP contribution in [0.5, 0.6) is 0 Å². The highest BCUT2D eigenvalue weighted by atomic mass is 32.1. The van der Waals surface area contributed by atoms with Crippen molar-refractivity contribution in [3.05, 3.63) is 87.7 Å². The van der Waals surface area contributed by atoms with Crippen LogP contribution >= 0.6 is 45.3 Å². The number of unbranched alkanes of at least 4 members (excludes halogenated alkanes) is 2. The quantitative estimate of drug-likeness (QED) is 0.104. The van der Waals surface area contributed by atoms with Gasteiger partial charge in [-0.1, -0.05) is 79.1 Å². The first-order chi connectivity index (χ1) is 24.5. The molecule has 2 aliphatic carbocycles. The zero-order chi connectivity index (χ0) is 36.6. The lowest BCUT2D eigenvalue weighted by Gasteiger charge is -2.19. The van der Waals surface area contributed by atoms with Crippen LogP contribution in [0.3, 0.4) is 0 Å². The third kappa shape index (κ3) is 7.16. The lowest BCUT2D eigenvalue weighted by Crippen LogP contribution is -2.22. The number of thiophene rings is 4. The van der Waals surface area contributed by atoms with E-state index in [0.29, 0.717) is 44.5 Å². The summed E-state index contributed by atoms with van der Waals surface area (Å²) in [5.74, 6) is 0.305. The highest BCUT2D eigenvalue weighted by Gasteiger charge is 2.41. The lowest BCUT2D eigenvalue weighted by atomic mass is 9.81. The molecule has 0 aromatic carbocycles. The third-order valence-corrected chi connectivity index (χ3v) is 15.1. The van der Waals surface area contributed by atoms with Gasteiger partial charge in [-0.05, 0) is 68.9 Å². The normalized spacial score (nSPS) is 15.8. The SMILES string of the molecule is CCCCC(CC)Cc1sc(CC(CC)CCCC)c2c1C(=O)c1c(C)sc(-c3ccc(C4=C(F)C=C(c5ccc(C)s5)C(=N)C4=N)s3)c1C2=O. The minimum Gasteiger partial charge on any atom is -0.298 e. The van der Waals surface area contributed by atoms with Crippen molar-refractivity contribution in [1.82, 2.24) is 0 Å². The fourth-order valence-corrected chi connectivity index (χ4v) is 12.2. The van der Waals surface area contributed by atoms with E-state index in [1.54, 1.807) is 17.4 Å². The van der Waals surface area contributed by atoms with E-state index in [0.717, 1.165) is 98.3 Å². The Kier molecular flexibility index (Phi) is 11.7. The van der Waals surface area contributed by atoms with Crippen molar-refractivity contribution in [2.24, 2.45) is 11.8 Å². The third-order valence-electron chi connectivity index (χ3n) is 10.4. The molecule has 0 saturated carbocycles. The highest BCUT2D eigenvalue weighted by Crippen LogP contribution is 2.49. The standard InChI is InChI=1S/C42H47FN2O2S4/c1-7-11-13-24(9-3)19-31-35-36(32(51-31)20-25(10-4)14-12-8-2)41(47)37-33(40(35)46)23(6)49-42(37)30-18-17-29(50-30)34-27(43)21-26(38(44)39(34)45)28-16-15-22(5)48-28/h15-18,21,24-25,44-45H,7-14,19-20H2,1-6H3. The van der Waals surface area contributed by atoms with Gasteiger partial charge in [-0.2, -0.15) is 0 Å². The van der Waals surface area contributed by atoms with Gasteiger partial charge in [-0.15, -0.1) is 45.3 Å². The Labute approximate surface area is 317 Å². The molecule has 6 rings (SSSR count). The number of carbonyl (C=O) groups excluding carboxylic acids is 2. The molecule has 2 N–H and O–H groups in total. The first kappa shape index (κ1) is 37.6. The van der Waals surface area contributed by atoms with Gasteiger partial charge in [0.25, 0.3) is 0 Å². The van der Waals surface area contributed by atoms with Crippen molar-refractivity contribution >= 4 is 79.5 Å². The number of hydrogen-bond donors (Lipinski definition) is 2. The molecule has 2 unspecified atom stereocenters. The maximum Gasteiger partial charge on any atom is 0.197 e. The minimum atomic E-state index is -0.543. The van der Waals surface area contributed by atoms with Crippen molar-refractivity contribution in [2.75, 3.05) is 0 Å². The smallest absolute Gasteiger partial charge is 0.197 e. The molecule has 4 aromatic heterocycles. The Morgan fingerprint density at radius 3 is 1.78 bits per heavy atom. The molecule has 2 aliphatic rings. The Bertz CT molecular complexity index is 2080. The molecular formula is C42H47FN2O2S4. The highest BCUT2D eigenvalue weighted by molar-refractivity contribution is 7.23. The van der Waals surface area contributed by atoms with Crippen molar-refractivity contribution in [3.63, 3.8) is 0 Å². The van der Waals surface area contributed by atoms with E-state index in [1.165, 1.54) is 40.1 Å². The van der Waals surface area contributed by atoms with E-state index in [1.807, 2.05) is 32.0 Å². The van der Waals surface area contributed by atoms with E-state index in [9.17, 15) is 9.59 Å². The van der Waals surface area contributed by atoms with E-state index in [2.05, 4.69) is 27.7 Å². The number of hydrogen-bond acceptors (Lipinski definition) is 8. The minimum absolute atomic E-state index is 0.00836. The van der Waals surface area contributed by atoms with Gasteiger partial charge in [0, 0.05) is 56.4 Å². The van der Waals surface area contributed by atoms with Crippen molar-refractivity contribution in [3.8, 4) is 9.75 Å². The zero-order valence-corrected chi connectivity index (χ0v) is 33.7. The van der Waals surface area contributed by atoms with Gasteiger partial charge < -0.3 is 0 Å². The number of ketones is 2. The van der Waals surface area contributed by atoms with Gasteiger partial charge in [0.2, 0.25) is 0 Å². The number of rotatable bonds is 15. The molecule has 0 radical (unpaired) electrons. The van der Waals surface area contributed by atoms with Crippen LogP contribution in [0, 0.1) is 36.5 Å². The number of carbonyl (C=O) groups is 2. The molecule has 0 saturated heterocycles. The summed E-state index contributed by atoms with van der Waals surface area (Å²) in [6.45, 7) is 12.8. The summed E-state index contributed by atoms with van der Waals surface area (Å²) in [5.41, 5.74) is 2.62. The van der Waals surface area contributed by atoms with Crippen molar-refractivity contribution in [1.29, 1.82) is 10.8 Å². The average molecular weight is 759 g/mol. The molecule has 4 nitrogen and oxygen atoms in total. The largest absolute Gasteiger partial charge is 0.298 e. The van der Waals surface area contributed by atoms with Crippen molar-refractivity contribution in [2.45, 2.75) is 106 Å².